The molecule has 0 spiro atoms. The number of pyridine rings is 2. The van der Waals surface area contributed by atoms with E-state index in [1.165, 1.54) is 0 Å². The van der Waals surface area contributed by atoms with Gasteiger partial charge in [0.15, 0.2) is 0 Å². The van der Waals surface area contributed by atoms with Crippen molar-refractivity contribution in [2.75, 3.05) is 13.2 Å². The summed E-state index contributed by atoms with van der Waals surface area (Å²) in [5.74, 6) is 1.22. The van der Waals surface area contributed by atoms with Crippen molar-refractivity contribution >= 4 is 11.6 Å². The summed E-state index contributed by atoms with van der Waals surface area (Å²) in [5, 5.41) is 15.3. The first kappa shape index (κ1) is 32.4. The molecule has 10 nitrogen and oxygen atoms in total. The number of ether oxygens (including phenoxy) is 2. The zero-order valence-electron chi connectivity index (χ0n) is 21.8. The van der Waals surface area contributed by atoms with Crippen LogP contribution in [0.15, 0.2) is 49.1 Å². The molecule has 4 heterocycles. The predicted octanol–water partition coefficient (Wildman–Crippen LogP) is 2.12. The maximum Gasteiger partial charge on any atom is 1.00 e. The largest absolute Gasteiger partial charge is 1.00 e. The van der Waals surface area contributed by atoms with Gasteiger partial charge in [0.25, 0.3) is 0 Å². The number of aryl methyl sites for hydroxylation is 2. The van der Waals surface area contributed by atoms with Crippen molar-refractivity contribution in [3.05, 3.63) is 77.9 Å². The molecule has 0 fully saturated rings. The van der Waals surface area contributed by atoms with E-state index in [0.717, 1.165) is 27.9 Å². The van der Waals surface area contributed by atoms with Crippen molar-refractivity contribution in [1.82, 2.24) is 29.9 Å². The van der Waals surface area contributed by atoms with E-state index < -0.39 is 0 Å². The van der Waals surface area contributed by atoms with Gasteiger partial charge < -0.3 is 21.3 Å². The van der Waals surface area contributed by atoms with Crippen LogP contribution in [0, 0.1) is 37.0 Å². The zero-order valence-corrected chi connectivity index (χ0v) is 24.6. The summed E-state index contributed by atoms with van der Waals surface area (Å²) in [5.41, 5.74) is 4.85. The molecule has 4 aromatic heterocycles. The molecule has 0 aromatic carbocycles. The van der Waals surface area contributed by atoms with Gasteiger partial charge in [0.05, 0.1) is 35.7 Å². The minimum absolute atomic E-state index is 0. The fourth-order valence-corrected chi connectivity index (χ4v) is 3.24. The Labute approximate surface area is 249 Å². The van der Waals surface area contributed by atoms with Crippen LogP contribution < -0.4 is 39.0 Å². The fourth-order valence-electron chi connectivity index (χ4n) is 3.11. The van der Waals surface area contributed by atoms with Crippen LogP contribution in [0.3, 0.4) is 0 Å². The van der Waals surface area contributed by atoms with Crippen molar-refractivity contribution < 1.29 is 39.0 Å². The molecule has 0 saturated carbocycles. The quantitative estimate of drug-likeness (QED) is 0.203. The minimum Gasteiger partial charge on any atom is -0.512 e. The first-order valence-electron chi connectivity index (χ1n) is 11.1. The van der Waals surface area contributed by atoms with Crippen LogP contribution in [0.1, 0.15) is 30.8 Å². The summed E-state index contributed by atoms with van der Waals surface area (Å²) in [4.78, 5) is 24.7. The Balaban J connectivity index is 0.000000349. The van der Waals surface area contributed by atoms with E-state index in [2.05, 4.69) is 29.9 Å². The third-order valence-electron chi connectivity index (χ3n) is 4.63. The summed E-state index contributed by atoms with van der Waals surface area (Å²) in [6.07, 6.45) is 6.67. The van der Waals surface area contributed by atoms with E-state index in [4.69, 9.17) is 38.2 Å². The number of nitrogens with zero attached hydrogens (tertiary/aromatic N) is 8. The molecule has 0 N–H and O–H groups in total. The Kier molecular flexibility index (Phi) is 14.4. The second-order valence-corrected chi connectivity index (χ2v) is 7.42. The van der Waals surface area contributed by atoms with Gasteiger partial charge in [-0.2, -0.15) is 5.26 Å². The monoisotopic (exact) mass is 538 g/mol. The third-order valence-corrected chi connectivity index (χ3v) is 4.81. The predicted molar refractivity (Wildman–Crippen MR) is 137 cm³/mol. The standard InChI is InChI=1S/C13H12N4O.C12H12ClN3O.CN.Na/c1-3-18-13-10(5-4-6-15-13)12-9(2)8-16-11(7-14)17-12;1-3-17-11-9(5-4-6-14-11)10-8(2)7-15-12(13)16-10;1-2;/h4-6,8H,3H2,1-2H3;4-7H,3H2,1-2H3;;/q;;-1;+1. The Hall–Kier alpha value is -3.67. The van der Waals surface area contributed by atoms with Crippen LogP contribution in [-0.2, 0) is 0 Å². The molecule has 0 radical (unpaired) electrons. The summed E-state index contributed by atoms with van der Waals surface area (Å²) in [6, 6.07) is 9.36. The van der Waals surface area contributed by atoms with Gasteiger partial charge in [0.2, 0.25) is 22.9 Å². The van der Waals surface area contributed by atoms with Crippen molar-refractivity contribution in [3.8, 4) is 40.3 Å². The summed E-state index contributed by atoms with van der Waals surface area (Å²) in [7, 11) is 0. The van der Waals surface area contributed by atoms with Crippen molar-refractivity contribution in [2.24, 2.45) is 0 Å². The van der Waals surface area contributed by atoms with E-state index in [-0.39, 0.29) is 40.7 Å². The SMILES string of the molecule is CCOc1ncccc1-c1nc(C#N)ncc1C.CCOc1ncccc1-c1nc(Cl)ncc1C.[C-]#N.[Na+]. The Bertz CT molecular complexity index is 1400. The first-order valence-corrected chi connectivity index (χ1v) is 11.5. The zero-order chi connectivity index (χ0) is 27.2. The van der Waals surface area contributed by atoms with Crippen molar-refractivity contribution in [1.29, 1.82) is 10.5 Å². The van der Waals surface area contributed by atoms with Crippen molar-refractivity contribution in [3.63, 3.8) is 0 Å². The topological polar surface area (TPSA) is 143 Å². The average Bonchev–Trinajstić information content (AvgIpc) is 2.93. The normalized spacial score (nSPS) is 9.32. The third kappa shape index (κ3) is 8.72. The van der Waals surface area contributed by atoms with E-state index in [0.29, 0.717) is 30.7 Å². The van der Waals surface area contributed by atoms with E-state index in [9.17, 15) is 0 Å². The molecule has 0 aliphatic heterocycles. The second kappa shape index (κ2) is 17.0. The van der Waals surface area contributed by atoms with Gasteiger partial charge in [-0.05, 0) is 74.7 Å². The van der Waals surface area contributed by atoms with E-state index >= 15 is 0 Å². The number of nitriles is 1. The molecule has 0 atom stereocenters. The molecule has 0 aliphatic rings. The average molecular weight is 539 g/mol. The van der Waals surface area contributed by atoms with Gasteiger partial charge in [-0.3, -0.25) is 0 Å². The van der Waals surface area contributed by atoms with Gasteiger partial charge in [-0.1, -0.05) is 0 Å². The summed E-state index contributed by atoms with van der Waals surface area (Å²) < 4.78 is 10.9. The number of halogens is 1. The molecule has 4 aromatic rings. The van der Waals surface area contributed by atoms with Crippen LogP contribution in [0.25, 0.3) is 22.5 Å². The smallest absolute Gasteiger partial charge is 0.512 e. The van der Waals surface area contributed by atoms with Crippen molar-refractivity contribution in [2.45, 2.75) is 27.7 Å². The van der Waals surface area contributed by atoms with Gasteiger partial charge in [0.1, 0.15) is 6.07 Å². The molecule has 0 amide bonds. The van der Waals surface area contributed by atoms with Crippen LogP contribution in [0.2, 0.25) is 5.28 Å². The second-order valence-electron chi connectivity index (χ2n) is 7.09. The van der Waals surface area contributed by atoms with Crippen LogP contribution in [0.5, 0.6) is 11.8 Å². The van der Waals surface area contributed by atoms with Crippen LogP contribution in [-0.4, -0.2) is 43.1 Å². The Morgan fingerprint density at radius 1 is 0.816 bits per heavy atom. The number of aromatic nitrogens is 6. The minimum atomic E-state index is 0. The number of hydrogen-bond donors (Lipinski definition) is 0. The van der Waals surface area contributed by atoms with Gasteiger partial charge in [0, 0.05) is 24.8 Å². The molecular weight excluding hydrogens is 515 g/mol. The molecule has 38 heavy (non-hydrogen) atoms. The summed E-state index contributed by atoms with van der Waals surface area (Å²) in [6.45, 7) is 13.5. The number of rotatable bonds is 6. The molecule has 0 bridgehead atoms. The van der Waals surface area contributed by atoms with Gasteiger partial charge in [-0.15, -0.1) is 0 Å². The maximum absolute atomic E-state index is 8.85. The molecule has 0 unspecified atom stereocenters. The Morgan fingerprint density at radius 2 is 1.29 bits per heavy atom. The molecule has 0 aliphatic carbocycles. The van der Waals surface area contributed by atoms with Crippen LogP contribution in [0.4, 0.5) is 0 Å². The van der Waals surface area contributed by atoms with Gasteiger partial charge >= 0.3 is 29.6 Å². The molecule has 0 saturated heterocycles. The van der Waals surface area contributed by atoms with Crippen LogP contribution >= 0.6 is 11.6 Å². The molecule has 188 valence electrons. The fraction of sp³-hybridized carbons (Fsp3) is 0.231. The maximum atomic E-state index is 8.85. The molecular formula is C26H24ClN8NaO2. The number of hydrogen-bond acceptors (Lipinski definition) is 10. The molecule has 12 heteroatoms. The Morgan fingerprint density at radius 3 is 1.76 bits per heavy atom. The summed E-state index contributed by atoms with van der Waals surface area (Å²) >= 11 is 5.81. The van der Waals surface area contributed by atoms with E-state index in [1.807, 2.05) is 58.0 Å². The first-order chi connectivity index (χ1) is 18.0. The van der Waals surface area contributed by atoms with E-state index in [1.54, 1.807) is 24.8 Å². The molecule has 4 rings (SSSR count). The van der Waals surface area contributed by atoms with Gasteiger partial charge in [-0.25, -0.2) is 29.9 Å².